The number of sulfone groups is 1. The van der Waals surface area contributed by atoms with Gasteiger partial charge < -0.3 is 0 Å². The first kappa shape index (κ1) is 15.3. The Morgan fingerprint density at radius 2 is 1.75 bits per heavy atom. The molecule has 1 unspecified atom stereocenters. The summed E-state index contributed by atoms with van der Waals surface area (Å²) in [5.74, 6) is 1.10. The molecule has 0 N–H and O–H groups in total. The molecular weight excluding hydrogens is 292 g/mol. The molecule has 0 saturated carbocycles. The Morgan fingerprint density at radius 1 is 1.05 bits per heavy atom. The fourth-order valence-corrected chi connectivity index (χ4v) is 4.07. The maximum atomic E-state index is 12.4. The van der Waals surface area contributed by atoms with Crippen LogP contribution in [-0.4, -0.2) is 20.1 Å². The summed E-state index contributed by atoms with van der Waals surface area (Å²) in [6, 6.07) is 13.1. The summed E-state index contributed by atoms with van der Waals surface area (Å²) < 4.78 is 24.7. The van der Waals surface area contributed by atoms with Crippen LogP contribution in [0.2, 0.25) is 0 Å². The third-order valence-corrected chi connectivity index (χ3v) is 5.52. The molecule has 2 aromatic carbocycles. The van der Waals surface area contributed by atoms with Gasteiger partial charge in [0.05, 0.1) is 10.6 Å². The minimum atomic E-state index is -3.21. The highest BCUT2D eigenvalue weighted by atomic mass is 35.5. The molecule has 2 aromatic rings. The Hall–Kier alpha value is -1.06. The number of halogens is 1. The predicted molar refractivity (Wildman–Crippen MR) is 85.1 cm³/mol. The zero-order chi connectivity index (χ0) is 14.6. The fraction of sp³-hybridized carbons (Fsp3) is 0.375. The Morgan fingerprint density at radius 3 is 2.45 bits per heavy atom. The van der Waals surface area contributed by atoms with E-state index in [0.717, 1.165) is 17.2 Å². The fourth-order valence-electron chi connectivity index (χ4n) is 2.17. The number of hydrogen-bond acceptors (Lipinski definition) is 2. The third kappa shape index (κ3) is 3.74. The zero-order valence-corrected chi connectivity index (χ0v) is 13.1. The van der Waals surface area contributed by atoms with Gasteiger partial charge in [-0.15, -0.1) is 11.6 Å². The predicted octanol–water partition coefficient (Wildman–Crippen LogP) is 4.27. The SMILES string of the molecule is CC(CCCl)CCS(=O)(=O)c1ccc2ccccc2c1. The van der Waals surface area contributed by atoms with Crippen molar-refractivity contribution in [2.45, 2.75) is 24.7 Å². The van der Waals surface area contributed by atoms with E-state index in [0.29, 0.717) is 23.1 Å². The summed E-state index contributed by atoms with van der Waals surface area (Å²) in [5.41, 5.74) is 0. The van der Waals surface area contributed by atoms with E-state index < -0.39 is 9.84 Å². The average Bonchev–Trinajstić information content (AvgIpc) is 2.45. The quantitative estimate of drug-likeness (QED) is 0.747. The van der Waals surface area contributed by atoms with Crippen LogP contribution < -0.4 is 0 Å². The number of hydrogen-bond donors (Lipinski definition) is 0. The molecule has 0 aliphatic rings. The van der Waals surface area contributed by atoms with E-state index in [1.54, 1.807) is 12.1 Å². The van der Waals surface area contributed by atoms with E-state index >= 15 is 0 Å². The maximum Gasteiger partial charge on any atom is 0.178 e. The maximum absolute atomic E-state index is 12.4. The van der Waals surface area contributed by atoms with Crippen LogP contribution in [0.5, 0.6) is 0 Å². The lowest BCUT2D eigenvalue weighted by Gasteiger charge is -2.10. The summed E-state index contributed by atoms with van der Waals surface area (Å²) in [4.78, 5) is 0.411. The molecule has 0 aliphatic heterocycles. The van der Waals surface area contributed by atoms with E-state index in [1.165, 1.54) is 0 Å². The molecule has 0 aromatic heterocycles. The van der Waals surface area contributed by atoms with Crippen LogP contribution in [-0.2, 0) is 9.84 Å². The first-order valence-electron chi connectivity index (χ1n) is 6.80. The van der Waals surface area contributed by atoms with Gasteiger partial charge in [0.2, 0.25) is 0 Å². The summed E-state index contributed by atoms with van der Waals surface area (Å²) in [5, 5.41) is 2.02. The average molecular weight is 311 g/mol. The molecule has 0 saturated heterocycles. The molecule has 0 heterocycles. The second-order valence-electron chi connectivity index (χ2n) is 5.20. The molecule has 0 fully saturated rings. The summed E-state index contributed by atoms with van der Waals surface area (Å²) >= 11 is 5.68. The van der Waals surface area contributed by atoms with Gasteiger partial charge in [-0.2, -0.15) is 0 Å². The smallest absolute Gasteiger partial charge is 0.178 e. The van der Waals surface area contributed by atoms with E-state index in [1.807, 2.05) is 37.3 Å². The van der Waals surface area contributed by atoms with E-state index in [2.05, 4.69) is 0 Å². The molecule has 0 spiro atoms. The minimum absolute atomic E-state index is 0.184. The molecule has 20 heavy (non-hydrogen) atoms. The first-order valence-corrected chi connectivity index (χ1v) is 8.99. The second-order valence-corrected chi connectivity index (χ2v) is 7.69. The molecule has 2 nitrogen and oxygen atoms in total. The molecule has 0 bridgehead atoms. The monoisotopic (exact) mass is 310 g/mol. The number of fused-ring (bicyclic) bond motifs is 1. The Balaban J connectivity index is 2.19. The van der Waals surface area contributed by atoms with E-state index in [9.17, 15) is 8.42 Å². The minimum Gasteiger partial charge on any atom is -0.224 e. The van der Waals surface area contributed by atoms with Gasteiger partial charge in [0, 0.05) is 5.88 Å². The van der Waals surface area contributed by atoms with Crippen molar-refractivity contribution in [1.29, 1.82) is 0 Å². The van der Waals surface area contributed by atoms with Crippen molar-refractivity contribution < 1.29 is 8.42 Å². The van der Waals surface area contributed by atoms with E-state index in [-0.39, 0.29) is 5.75 Å². The van der Waals surface area contributed by atoms with Gasteiger partial charge in [-0.05, 0) is 41.7 Å². The van der Waals surface area contributed by atoms with Crippen LogP contribution in [0.4, 0.5) is 0 Å². The van der Waals surface area contributed by atoms with Crippen molar-refractivity contribution in [3.05, 3.63) is 42.5 Å². The van der Waals surface area contributed by atoms with Gasteiger partial charge in [-0.25, -0.2) is 8.42 Å². The number of alkyl halides is 1. The van der Waals surface area contributed by atoms with Crippen LogP contribution in [0.15, 0.2) is 47.4 Å². The highest BCUT2D eigenvalue weighted by Gasteiger charge is 2.16. The van der Waals surface area contributed by atoms with Crippen molar-refractivity contribution in [1.82, 2.24) is 0 Å². The lowest BCUT2D eigenvalue weighted by molar-refractivity contribution is 0.534. The summed E-state index contributed by atoms with van der Waals surface area (Å²) in [7, 11) is -3.21. The normalized spacial score (nSPS) is 13.5. The van der Waals surface area contributed by atoms with Crippen LogP contribution in [0.25, 0.3) is 10.8 Å². The molecule has 108 valence electrons. The molecular formula is C16H19ClO2S. The Bertz CT molecular complexity index is 680. The second kappa shape index (κ2) is 6.59. The van der Waals surface area contributed by atoms with Crippen LogP contribution in [0.1, 0.15) is 19.8 Å². The highest BCUT2D eigenvalue weighted by Crippen LogP contribution is 2.21. The highest BCUT2D eigenvalue weighted by molar-refractivity contribution is 7.91. The van der Waals surface area contributed by atoms with Crippen molar-refractivity contribution in [2.24, 2.45) is 5.92 Å². The van der Waals surface area contributed by atoms with Crippen LogP contribution >= 0.6 is 11.6 Å². The standard InChI is InChI=1S/C16H19ClO2S/c1-13(8-10-17)9-11-20(18,19)16-7-6-14-4-2-3-5-15(14)12-16/h2-7,12-13H,8-11H2,1H3. The van der Waals surface area contributed by atoms with Gasteiger partial charge >= 0.3 is 0 Å². The Labute approximate surface area is 125 Å². The van der Waals surface area contributed by atoms with Crippen molar-refractivity contribution >= 4 is 32.2 Å². The molecule has 0 aliphatic carbocycles. The molecule has 0 amide bonds. The number of rotatable bonds is 6. The van der Waals surface area contributed by atoms with Gasteiger partial charge in [-0.1, -0.05) is 37.3 Å². The van der Waals surface area contributed by atoms with Crippen LogP contribution in [0, 0.1) is 5.92 Å². The van der Waals surface area contributed by atoms with Gasteiger partial charge in [0.15, 0.2) is 9.84 Å². The van der Waals surface area contributed by atoms with Crippen molar-refractivity contribution in [3.8, 4) is 0 Å². The zero-order valence-electron chi connectivity index (χ0n) is 11.5. The summed E-state index contributed by atoms with van der Waals surface area (Å²) in [6.45, 7) is 2.04. The molecule has 0 radical (unpaired) electrons. The van der Waals surface area contributed by atoms with Gasteiger partial charge in [0.1, 0.15) is 0 Å². The van der Waals surface area contributed by atoms with Crippen molar-refractivity contribution in [2.75, 3.05) is 11.6 Å². The lowest BCUT2D eigenvalue weighted by Crippen LogP contribution is -2.10. The topological polar surface area (TPSA) is 34.1 Å². The Kier molecular flexibility index (Phi) is 5.06. The largest absolute Gasteiger partial charge is 0.224 e. The first-order chi connectivity index (χ1) is 9.53. The van der Waals surface area contributed by atoms with Crippen molar-refractivity contribution in [3.63, 3.8) is 0 Å². The number of benzene rings is 2. The summed E-state index contributed by atoms with van der Waals surface area (Å²) in [6.07, 6.45) is 1.51. The lowest BCUT2D eigenvalue weighted by atomic mass is 10.1. The molecule has 2 rings (SSSR count). The van der Waals surface area contributed by atoms with E-state index in [4.69, 9.17) is 11.6 Å². The van der Waals surface area contributed by atoms with Gasteiger partial charge in [0.25, 0.3) is 0 Å². The molecule has 4 heteroatoms. The molecule has 1 atom stereocenters. The third-order valence-electron chi connectivity index (χ3n) is 3.56. The van der Waals surface area contributed by atoms with Crippen LogP contribution in [0.3, 0.4) is 0 Å². The van der Waals surface area contributed by atoms with Gasteiger partial charge in [-0.3, -0.25) is 0 Å².